The number of imide groups is 1. The number of amides is 3. The molecule has 1 N–H and O–H groups in total. The number of hydrogen-bond acceptors (Lipinski definition) is 6. The monoisotopic (exact) mass is 577 g/mol. The zero-order chi connectivity index (χ0) is 29.6. The number of carbonyl (C=O) groups excluding carboxylic acids is 3. The maximum atomic E-state index is 12.8. The largest absolute Gasteiger partial charge is 0.490 e. The first kappa shape index (κ1) is 27.4. The molecule has 1 heterocycles. The fourth-order valence-corrected chi connectivity index (χ4v) is 8.11. The number of carbonyl (C=O) groups is 3. The number of benzene rings is 3. The van der Waals surface area contributed by atoms with E-state index in [1.807, 2.05) is 19.1 Å². The number of nitrogens with one attached hydrogen (secondary N) is 1. The summed E-state index contributed by atoms with van der Waals surface area (Å²) in [5, 5.41) is 7.93. The molecule has 3 aromatic rings. The van der Waals surface area contributed by atoms with Gasteiger partial charge in [-0.25, -0.2) is 0 Å². The average Bonchev–Trinajstić information content (AvgIpc) is 3.24. The quantitative estimate of drug-likeness (QED) is 0.241. The Morgan fingerprint density at radius 1 is 0.884 bits per heavy atom. The first-order chi connectivity index (χ1) is 20.9. The highest BCUT2D eigenvalue weighted by atomic mass is 16.5. The van der Waals surface area contributed by atoms with Gasteiger partial charge in [-0.05, 0) is 122 Å². The first-order valence-electron chi connectivity index (χ1n) is 15.2. The molecule has 3 amide bonds. The number of fused-ring (bicyclic) bond motifs is 1. The van der Waals surface area contributed by atoms with Gasteiger partial charge in [0.05, 0.1) is 23.9 Å². The Morgan fingerprint density at radius 2 is 1.51 bits per heavy atom. The van der Waals surface area contributed by atoms with Crippen LogP contribution in [0.1, 0.15) is 77.3 Å². The van der Waals surface area contributed by atoms with Crippen molar-refractivity contribution >= 4 is 29.6 Å². The zero-order valence-corrected chi connectivity index (χ0v) is 24.3. The van der Waals surface area contributed by atoms with Gasteiger partial charge in [-0.15, -0.1) is 0 Å². The van der Waals surface area contributed by atoms with Gasteiger partial charge in [-0.2, -0.15) is 10.1 Å². The van der Waals surface area contributed by atoms with Crippen molar-refractivity contribution in [2.45, 2.75) is 50.9 Å². The molecule has 4 fully saturated rings. The Balaban J connectivity index is 0.971. The van der Waals surface area contributed by atoms with Crippen molar-refractivity contribution in [2.75, 3.05) is 18.5 Å². The second-order valence-corrected chi connectivity index (χ2v) is 12.5. The second-order valence-electron chi connectivity index (χ2n) is 12.5. The summed E-state index contributed by atoms with van der Waals surface area (Å²) in [5.74, 6) is 2.33. The molecule has 220 valence electrons. The highest BCUT2D eigenvalue weighted by Gasteiger charge is 2.51. The van der Waals surface area contributed by atoms with E-state index >= 15 is 0 Å². The van der Waals surface area contributed by atoms with E-state index in [0.717, 1.165) is 28.5 Å². The standard InChI is InChI=1S/C35H35N3O5/c1-2-42-31-16-22(20-36-38-33(40)28-5-3-4-6-29(28)34(38)41)7-12-30(31)43-21-32(39)37-27-10-8-26(9-11-27)35-17-23-13-24(18-35)15-25(14-23)19-35/h3-12,16,20,23-25H,2,13-15,17-19,21H2,1H3,(H,37,39)/b36-20-. The number of hydrazone groups is 1. The molecular formula is C35H35N3O5. The maximum Gasteiger partial charge on any atom is 0.282 e. The van der Waals surface area contributed by atoms with E-state index in [1.54, 1.807) is 42.5 Å². The zero-order valence-electron chi connectivity index (χ0n) is 24.3. The lowest BCUT2D eigenvalue weighted by atomic mass is 9.48. The van der Waals surface area contributed by atoms with E-state index in [0.29, 0.717) is 40.2 Å². The Hall–Kier alpha value is -4.46. The van der Waals surface area contributed by atoms with Gasteiger partial charge in [0.15, 0.2) is 18.1 Å². The molecule has 0 atom stereocenters. The van der Waals surface area contributed by atoms with Gasteiger partial charge in [0.25, 0.3) is 17.7 Å². The van der Waals surface area contributed by atoms with Crippen LogP contribution < -0.4 is 14.8 Å². The smallest absolute Gasteiger partial charge is 0.282 e. The van der Waals surface area contributed by atoms with Crippen molar-refractivity contribution < 1.29 is 23.9 Å². The molecule has 0 spiro atoms. The summed E-state index contributed by atoms with van der Waals surface area (Å²) >= 11 is 0. The highest BCUT2D eigenvalue weighted by Crippen LogP contribution is 2.60. The van der Waals surface area contributed by atoms with E-state index < -0.39 is 11.8 Å². The van der Waals surface area contributed by atoms with Gasteiger partial charge in [0, 0.05) is 5.69 Å². The van der Waals surface area contributed by atoms with E-state index in [-0.39, 0.29) is 12.5 Å². The van der Waals surface area contributed by atoms with Crippen molar-refractivity contribution in [1.82, 2.24) is 5.01 Å². The van der Waals surface area contributed by atoms with Crippen LogP contribution in [0.25, 0.3) is 0 Å². The van der Waals surface area contributed by atoms with E-state index in [9.17, 15) is 14.4 Å². The molecule has 0 saturated heterocycles. The predicted molar refractivity (Wildman–Crippen MR) is 163 cm³/mol. The number of rotatable bonds is 9. The van der Waals surface area contributed by atoms with Gasteiger partial charge in [0.1, 0.15) is 0 Å². The van der Waals surface area contributed by atoms with E-state index in [4.69, 9.17) is 9.47 Å². The lowest BCUT2D eigenvalue weighted by Gasteiger charge is -2.57. The lowest BCUT2D eigenvalue weighted by Crippen LogP contribution is -2.48. The Morgan fingerprint density at radius 3 is 2.12 bits per heavy atom. The molecule has 4 aliphatic carbocycles. The van der Waals surface area contributed by atoms with Crippen LogP contribution in [0.4, 0.5) is 5.69 Å². The van der Waals surface area contributed by atoms with Crippen LogP contribution in [0.5, 0.6) is 11.5 Å². The lowest BCUT2D eigenvalue weighted by molar-refractivity contribution is -0.118. The topological polar surface area (TPSA) is 97.3 Å². The average molecular weight is 578 g/mol. The molecule has 0 aromatic heterocycles. The molecule has 8 rings (SSSR count). The summed E-state index contributed by atoms with van der Waals surface area (Å²) in [4.78, 5) is 37.9. The summed E-state index contributed by atoms with van der Waals surface area (Å²) in [5.41, 5.74) is 3.79. The first-order valence-corrected chi connectivity index (χ1v) is 15.2. The third-order valence-electron chi connectivity index (χ3n) is 9.54. The van der Waals surface area contributed by atoms with E-state index in [1.165, 1.54) is 50.3 Å². The van der Waals surface area contributed by atoms with Gasteiger partial charge in [0.2, 0.25) is 0 Å². The van der Waals surface area contributed by atoms with Crippen molar-refractivity contribution in [2.24, 2.45) is 22.9 Å². The SMILES string of the molecule is CCOc1cc(/C=N\N2C(=O)c3ccccc3C2=O)ccc1OCC(=O)Nc1ccc(C23CC4CC(CC(C4)C2)C3)cc1. The van der Waals surface area contributed by atoms with Crippen LogP contribution >= 0.6 is 0 Å². The van der Waals surface area contributed by atoms with E-state index in [2.05, 4.69) is 22.6 Å². The second kappa shape index (κ2) is 11.0. The summed E-state index contributed by atoms with van der Waals surface area (Å²) < 4.78 is 11.6. The number of anilines is 1. The third kappa shape index (κ3) is 5.19. The number of ether oxygens (including phenoxy) is 2. The Labute approximate surface area is 251 Å². The summed E-state index contributed by atoms with van der Waals surface area (Å²) in [6.45, 7) is 2.06. The van der Waals surface area contributed by atoms with Crippen LogP contribution in [0.15, 0.2) is 71.8 Å². The fraction of sp³-hybridized carbons (Fsp3) is 0.371. The number of hydrogen-bond donors (Lipinski definition) is 1. The molecule has 8 heteroatoms. The molecule has 43 heavy (non-hydrogen) atoms. The molecule has 8 nitrogen and oxygen atoms in total. The van der Waals surface area contributed by atoms with Gasteiger partial charge in [-0.1, -0.05) is 24.3 Å². The van der Waals surface area contributed by atoms with Crippen LogP contribution in [0.2, 0.25) is 0 Å². The van der Waals surface area contributed by atoms with Gasteiger partial charge in [-0.3, -0.25) is 14.4 Å². The van der Waals surface area contributed by atoms with Crippen LogP contribution in [-0.4, -0.2) is 42.2 Å². The van der Waals surface area contributed by atoms with Gasteiger partial charge >= 0.3 is 0 Å². The van der Waals surface area contributed by atoms with Crippen molar-refractivity contribution in [3.63, 3.8) is 0 Å². The van der Waals surface area contributed by atoms with Crippen LogP contribution in [-0.2, 0) is 10.2 Å². The Bertz CT molecular complexity index is 1540. The number of nitrogens with zero attached hydrogens (tertiary/aromatic N) is 2. The normalized spacial score (nSPS) is 25.3. The van der Waals surface area contributed by atoms with Crippen LogP contribution in [0, 0.1) is 17.8 Å². The summed E-state index contributed by atoms with van der Waals surface area (Å²) in [6.07, 6.45) is 9.63. The molecule has 0 unspecified atom stereocenters. The molecule has 3 aromatic carbocycles. The minimum Gasteiger partial charge on any atom is -0.490 e. The summed E-state index contributed by atoms with van der Waals surface area (Å²) in [7, 11) is 0. The molecular weight excluding hydrogens is 542 g/mol. The van der Waals surface area contributed by atoms with Gasteiger partial charge < -0.3 is 14.8 Å². The minimum atomic E-state index is -0.463. The van der Waals surface area contributed by atoms with Crippen molar-refractivity contribution in [3.8, 4) is 11.5 Å². The minimum absolute atomic E-state index is 0.181. The maximum absolute atomic E-state index is 12.8. The fourth-order valence-electron chi connectivity index (χ4n) is 8.11. The van der Waals surface area contributed by atoms with Crippen molar-refractivity contribution in [3.05, 3.63) is 89.0 Å². The van der Waals surface area contributed by atoms with Crippen LogP contribution in [0.3, 0.4) is 0 Å². The third-order valence-corrected chi connectivity index (χ3v) is 9.54. The molecule has 0 radical (unpaired) electrons. The summed E-state index contributed by atoms with van der Waals surface area (Å²) in [6, 6.07) is 20.2. The highest BCUT2D eigenvalue weighted by molar-refractivity contribution is 6.21. The Kier molecular flexibility index (Phi) is 7.00. The molecule has 4 saturated carbocycles. The molecule has 4 bridgehead atoms. The molecule has 5 aliphatic rings. The van der Waals surface area contributed by atoms with Crippen molar-refractivity contribution in [1.29, 1.82) is 0 Å². The predicted octanol–water partition coefficient (Wildman–Crippen LogP) is 6.20. The molecule has 1 aliphatic heterocycles.